The third kappa shape index (κ3) is 16.0. The molecule has 7 aromatic rings. The lowest BCUT2D eigenvalue weighted by molar-refractivity contribution is -0.384. The number of benzene rings is 3. The average Bonchev–Trinajstić information content (AvgIpc) is 1.56. The lowest BCUT2D eigenvalue weighted by atomic mass is 9.73. The van der Waals surface area contributed by atoms with E-state index in [-0.39, 0.29) is 46.2 Å². The van der Waals surface area contributed by atoms with E-state index in [1.807, 2.05) is 12.1 Å². The molecule has 0 amide bonds. The highest BCUT2D eigenvalue weighted by Gasteiger charge is 2.64. The molecule has 103 heavy (non-hydrogen) atoms. The van der Waals surface area contributed by atoms with Crippen LogP contribution in [0.15, 0.2) is 122 Å². The summed E-state index contributed by atoms with van der Waals surface area (Å²) in [6, 6.07) is 30.2. The number of non-ortho nitro benzene ring substituents is 1. The largest absolute Gasteiger partial charge is 0.513 e. The number of piperidine rings is 6. The number of nitro benzene ring substituents is 1. The molecule has 0 aliphatic carbocycles. The Bertz CT molecular complexity index is 4350. The molecule has 9 aliphatic heterocycles. The number of para-hydroxylation sites is 2. The number of carbonyl (C=O) groups excluding carboxylic acids is 2. The van der Waals surface area contributed by atoms with Crippen LogP contribution in [0.4, 0.5) is 17.3 Å². The number of nitrogens with two attached hydrogens (primary N) is 2. The summed E-state index contributed by atoms with van der Waals surface area (Å²) in [5.74, 6) is -1.03. The standard InChI is InChI=1S/C29H36N7O8P.C23H28N3O7P.C15H17N5O4/c1-19(27(39)41-16-28-9-12-35(13-10-28)14-11-28)34-45(40,44-20-5-3-2-4-6-20)42-17-29(15-30)25(38)23(37)24(43-29)21-7-8-22-26(31)32-18-33-36(21)22;1-18(22(27)31-17-23-11-14-25(15-12-23)16-13-23)24-34(30,32-20-5-3-2-4-6-20)33-21-9-7-19(8-10-21)26(28)29;1-14(2)22-11-10(23-15(5-16,6-21)12(11)24-14)8-3-4-9-13(17)18-7-19-20(8)9/h2-8,18-19,23-25,37-38H,9-14,16-17H2,1H3,(H,34,40)(H2,31,32,33);2-10,18H,11-17H2,1H3,(H,24,30);3-4,7,10-12,21H,6H2,1-2H3,(H2,17,18,19)/t19-,23-,24-,25-,29+,45?;18-,34?;10-,11-,12-,15+/m000/s1. The Morgan fingerprint density at radius 3 is 1.53 bits per heavy atom. The maximum atomic E-state index is 14.1. The molecule has 12 atom stereocenters. The molecule has 9 aliphatic rings. The van der Waals surface area contributed by atoms with E-state index in [4.69, 9.17) is 58.0 Å². The summed E-state index contributed by atoms with van der Waals surface area (Å²) >= 11 is 0. The van der Waals surface area contributed by atoms with Crippen molar-refractivity contribution in [3.05, 3.63) is 143 Å². The number of nitrogens with zero attached hydrogens (tertiary/aromatic N) is 11. The number of anilines is 2. The van der Waals surface area contributed by atoms with E-state index >= 15 is 0 Å². The number of aliphatic hydroxyl groups excluding tert-OH is 3. The maximum absolute atomic E-state index is 14.1. The van der Waals surface area contributed by atoms with Crippen molar-refractivity contribution in [2.75, 3.05) is 77.2 Å². The Labute approximate surface area is 591 Å². The monoisotopic (exact) mass is 1460 g/mol. The first-order chi connectivity index (χ1) is 49.2. The van der Waals surface area contributed by atoms with Gasteiger partial charge >= 0.3 is 27.4 Å². The summed E-state index contributed by atoms with van der Waals surface area (Å²) in [5.41, 5.74) is 9.95. The zero-order valence-corrected chi connectivity index (χ0v) is 58.6. The smallest absolute Gasteiger partial charge is 0.464 e. The van der Waals surface area contributed by atoms with E-state index in [1.54, 1.807) is 103 Å². The predicted octanol–water partition coefficient (Wildman–Crippen LogP) is 5.90. The molecule has 0 saturated carbocycles. The normalized spacial score (nSPS) is 29.6. The van der Waals surface area contributed by atoms with E-state index < -0.39 is 111 Å². The second-order valence-electron chi connectivity index (χ2n) is 27.1. The number of aliphatic hydroxyl groups is 3. The van der Waals surface area contributed by atoms with Crippen molar-refractivity contribution in [2.45, 2.75) is 132 Å². The van der Waals surface area contributed by atoms with Crippen molar-refractivity contribution >= 4 is 55.8 Å². The molecule has 0 radical (unpaired) electrons. The fraction of sp³-hybridized carbons (Fsp3) is 0.493. The van der Waals surface area contributed by atoms with Crippen molar-refractivity contribution in [3.63, 3.8) is 0 Å². The van der Waals surface area contributed by atoms with Crippen molar-refractivity contribution in [2.24, 2.45) is 10.8 Å². The Balaban J connectivity index is 0.000000153. The number of rotatable bonds is 23. The lowest BCUT2D eigenvalue weighted by Gasteiger charge is -2.47. The first-order valence-corrected chi connectivity index (χ1v) is 36.6. The number of nitriles is 2. The van der Waals surface area contributed by atoms with Gasteiger partial charge in [0, 0.05) is 23.0 Å². The molecule has 13 heterocycles. The minimum atomic E-state index is -4.43. The number of fused-ring (bicyclic) bond motifs is 9. The van der Waals surface area contributed by atoms with Crippen LogP contribution >= 0.6 is 15.5 Å². The third-order valence-electron chi connectivity index (χ3n) is 19.8. The average molecular weight is 1460 g/mol. The number of nitrogen functional groups attached to an aromatic ring is 2. The van der Waals surface area contributed by atoms with Crippen LogP contribution in [0.3, 0.4) is 0 Å². The first-order valence-electron chi connectivity index (χ1n) is 33.5. The summed E-state index contributed by atoms with van der Waals surface area (Å²) in [5, 5.41) is 76.0. The quantitative estimate of drug-likeness (QED) is 0.0169. The van der Waals surface area contributed by atoms with Gasteiger partial charge in [0.15, 0.2) is 17.4 Å². The number of hydrogen-bond acceptors (Lipinski definition) is 29. The van der Waals surface area contributed by atoms with Gasteiger partial charge in [-0.2, -0.15) is 30.9 Å². The summed E-state index contributed by atoms with van der Waals surface area (Å²) in [6.07, 6.45) is 1.90. The fourth-order valence-corrected chi connectivity index (χ4v) is 16.8. The van der Waals surface area contributed by atoms with Gasteiger partial charge in [-0.1, -0.05) is 36.4 Å². The van der Waals surface area contributed by atoms with Crippen LogP contribution in [0.1, 0.15) is 89.8 Å². The van der Waals surface area contributed by atoms with Crippen LogP contribution < -0.4 is 35.2 Å². The molecule has 36 heteroatoms. The number of ether oxygens (including phenoxy) is 6. The highest BCUT2D eigenvalue weighted by molar-refractivity contribution is 7.52. The molecule has 34 nitrogen and oxygen atoms in total. The fourth-order valence-electron chi connectivity index (χ4n) is 13.7. The number of carbonyl (C=O) groups is 2. The van der Waals surface area contributed by atoms with Crippen LogP contribution in [0.25, 0.3) is 11.0 Å². The molecule has 2 unspecified atom stereocenters. The first kappa shape index (κ1) is 73.9. The summed E-state index contributed by atoms with van der Waals surface area (Å²) < 4.78 is 88.3. The summed E-state index contributed by atoms with van der Waals surface area (Å²) in [6.45, 7) is 11.8. The van der Waals surface area contributed by atoms with Crippen molar-refractivity contribution in [1.82, 2.24) is 49.2 Å². The number of esters is 2. The van der Waals surface area contributed by atoms with E-state index in [0.717, 1.165) is 77.8 Å². The maximum Gasteiger partial charge on any atom is 0.513 e. The number of hydrogen-bond donors (Lipinski definition) is 7. The Kier molecular flexibility index (Phi) is 21.6. The van der Waals surface area contributed by atoms with Gasteiger partial charge in [0.25, 0.3) is 5.69 Å². The van der Waals surface area contributed by atoms with Gasteiger partial charge in [-0.3, -0.25) is 24.2 Å². The topological polar surface area (TPSA) is 455 Å². The van der Waals surface area contributed by atoms with E-state index in [2.05, 4.69) is 40.1 Å². The van der Waals surface area contributed by atoms with Crippen LogP contribution in [-0.4, -0.2) is 190 Å². The molecular weight excluding hydrogens is 1380 g/mol. The van der Waals surface area contributed by atoms with Gasteiger partial charge < -0.3 is 78.6 Å². The third-order valence-corrected chi connectivity index (χ3v) is 23.0. The minimum absolute atomic E-state index is 0.0175. The highest BCUT2D eigenvalue weighted by Crippen LogP contribution is 2.52. The molecule has 9 N–H and O–H groups in total. The van der Waals surface area contributed by atoms with Crippen LogP contribution in [0.2, 0.25) is 0 Å². The van der Waals surface area contributed by atoms with Crippen LogP contribution in [-0.2, 0) is 51.7 Å². The zero-order chi connectivity index (χ0) is 73.1. The number of nitrogens with one attached hydrogen (secondary N) is 2. The summed E-state index contributed by atoms with van der Waals surface area (Å²) in [7, 11) is -8.54. The molecule has 9 saturated heterocycles. The van der Waals surface area contributed by atoms with Gasteiger partial charge in [0.05, 0.1) is 36.1 Å². The molecule has 9 fully saturated rings. The number of aromatic nitrogens is 6. The summed E-state index contributed by atoms with van der Waals surface area (Å²) in [4.78, 5) is 48.9. The molecule has 0 spiro atoms. The van der Waals surface area contributed by atoms with E-state index in [0.29, 0.717) is 34.8 Å². The minimum Gasteiger partial charge on any atom is -0.464 e. The van der Waals surface area contributed by atoms with Crippen molar-refractivity contribution in [3.8, 4) is 29.4 Å². The Hall–Kier alpha value is -8.80. The van der Waals surface area contributed by atoms with Crippen LogP contribution in [0, 0.1) is 43.6 Å². The molecule has 4 aromatic heterocycles. The molecular formula is C67H81N15O19P2. The van der Waals surface area contributed by atoms with Gasteiger partial charge in [0.2, 0.25) is 11.2 Å². The van der Waals surface area contributed by atoms with Gasteiger partial charge in [-0.25, -0.2) is 28.1 Å². The number of nitro groups is 1. The highest BCUT2D eigenvalue weighted by atomic mass is 31.2. The second kappa shape index (κ2) is 30.1. The van der Waals surface area contributed by atoms with Gasteiger partial charge in [-0.15, -0.1) is 0 Å². The van der Waals surface area contributed by atoms with E-state index in [1.165, 1.54) is 55.3 Å². The van der Waals surface area contributed by atoms with E-state index in [9.17, 15) is 54.7 Å². The molecule has 548 valence electrons. The van der Waals surface area contributed by atoms with Crippen molar-refractivity contribution < 1.29 is 85.5 Å². The van der Waals surface area contributed by atoms with Crippen molar-refractivity contribution in [1.29, 1.82) is 10.5 Å². The zero-order valence-electron chi connectivity index (χ0n) is 56.8. The van der Waals surface area contributed by atoms with Gasteiger partial charge in [-0.05, 0) is 166 Å². The molecule has 4 bridgehead atoms. The SMILES string of the molecule is CC1(C)O[C@H]2[C@H](c3ccc4c(N)ncnn34)O[C@](C#N)(CO)[C@H]2O1.C[C@H](NP(=O)(OC[C@@]1(C#N)O[C@@H](c2ccc3c(N)ncnn23)[C@H](O)[C@@H]1O)Oc1ccccc1)C(=O)OCC12CCN(CC1)CC2.C[C@H](NP(=O)(Oc1ccccc1)Oc1ccc([N+](=O)[O-])cc1)C(=O)OCC12CCN(CC1)CC2. The Morgan fingerprint density at radius 2 is 1.08 bits per heavy atom. The Morgan fingerprint density at radius 1 is 0.641 bits per heavy atom. The lowest BCUT2D eigenvalue weighted by Crippen LogP contribution is -2.50. The molecule has 3 aromatic carbocycles. The predicted molar refractivity (Wildman–Crippen MR) is 364 cm³/mol. The van der Waals surface area contributed by atoms with Gasteiger partial charge in [0.1, 0.15) is 108 Å². The van der Waals surface area contributed by atoms with Crippen LogP contribution in [0.5, 0.6) is 17.2 Å². The molecule has 16 rings (SSSR count). The second-order valence-corrected chi connectivity index (χ2v) is 30.4.